The lowest BCUT2D eigenvalue weighted by molar-refractivity contribution is 1.08. The van der Waals surface area contributed by atoms with Crippen LogP contribution in [0.15, 0.2) is 24.3 Å². The zero-order chi connectivity index (χ0) is 9.68. The van der Waals surface area contributed by atoms with Gasteiger partial charge in [0.05, 0.1) is 0 Å². The molecule has 0 spiro atoms. The molecule has 0 bridgehead atoms. The van der Waals surface area contributed by atoms with E-state index < -0.39 is 0 Å². The molecule has 0 atom stereocenters. The Kier molecular flexibility index (Phi) is 4.37. The predicted molar refractivity (Wildman–Crippen MR) is 62.3 cm³/mol. The molecule has 0 radical (unpaired) electrons. The van der Waals surface area contributed by atoms with Gasteiger partial charge in [0.2, 0.25) is 0 Å². The largest absolute Gasteiger partial charge is 0.154 e. The maximum Gasteiger partial charge on any atom is 0.0189 e. The summed E-state index contributed by atoms with van der Waals surface area (Å²) in [7, 11) is 0. The van der Waals surface area contributed by atoms with Gasteiger partial charge in [0.1, 0.15) is 0 Å². The summed E-state index contributed by atoms with van der Waals surface area (Å²) in [6, 6.07) is 8.74. The van der Waals surface area contributed by atoms with Crippen LogP contribution in [-0.2, 0) is 12.2 Å². The van der Waals surface area contributed by atoms with Crippen molar-refractivity contribution in [1.82, 2.24) is 0 Å². The van der Waals surface area contributed by atoms with Crippen molar-refractivity contribution in [3.63, 3.8) is 0 Å². The van der Waals surface area contributed by atoms with E-state index in [2.05, 4.69) is 45.0 Å². The summed E-state index contributed by atoms with van der Waals surface area (Å²) in [5, 5.41) is 0.727. The van der Waals surface area contributed by atoms with Crippen LogP contribution in [-0.4, -0.2) is 5.25 Å². The van der Waals surface area contributed by atoms with Crippen molar-refractivity contribution in [2.24, 2.45) is 0 Å². The molecule has 0 aliphatic carbocycles. The maximum absolute atomic E-state index is 2.25. The van der Waals surface area contributed by atoms with Crippen molar-refractivity contribution < 1.29 is 0 Å². The van der Waals surface area contributed by atoms with E-state index >= 15 is 0 Å². The third kappa shape index (κ3) is 3.43. The summed E-state index contributed by atoms with van der Waals surface area (Å²) < 4.78 is 0. The third-order valence-corrected chi connectivity index (χ3v) is 3.22. The van der Waals surface area contributed by atoms with E-state index in [1.54, 1.807) is 0 Å². The monoisotopic (exact) mass is 194 g/mol. The van der Waals surface area contributed by atoms with Crippen molar-refractivity contribution in [1.29, 1.82) is 0 Å². The van der Waals surface area contributed by atoms with Gasteiger partial charge in [-0.1, -0.05) is 45.0 Å². The van der Waals surface area contributed by atoms with Crippen LogP contribution in [0.1, 0.15) is 31.9 Å². The van der Waals surface area contributed by atoms with E-state index in [1.165, 1.54) is 11.1 Å². The van der Waals surface area contributed by atoms with Gasteiger partial charge in [-0.05, 0) is 22.8 Å². The summed E-state index contributed by atoms with van der Waals surface area (Å²) in [6.07, 6.45) is 1.15. The van der Waals surface area contributed by atoms with Gasteiger partial charge < -0.3 is 0 Å². The molecule has 13 heavy (non-hydrogen) atoms. The molecular weight excluding hydrogens is 176 g/mol. The van der Waals surface area contributed by atoms with Crippen molar-refractivity contribution in [2.75, 3.05) is 0 Å². The first-order valence-corrected chi connectivity index (χ1v) is 5.97. The Morgan fingerprint density at radius 2 is 1.77 bits per heavy atom. The van der Waals surface area contributed by atoms with E-state index in [9.17, 15) is 0 Å². The quantitative estimate of drug-likeness (QED) is 0.700. The van der Waals surface area contributed by atoms with Gasteiger partial charge >= 0.3 is 0 Å². The number of thioether (sulfide) groups is 1. The van der Waals surface area contributed by atoms with Crippen LogP contribution in [0.25, 0.3) is 0 Å². The minimum atomic E-state index is 0.727. The molecule has 0 saturated carbocycles. The zero-order valence-electron chi connectivity index (χ0n) is 8.71. The summed E-state index contributed by atoms with van der Waals surface area (Å²) in [6.45, 7) is 6.72. The fourth-order valence-electron chi connectivity index (χ4n) is 1.30. The Morgan fingerprint density at radius 3 is 2.31 bits per heavy atom. The molecule has 0 saturated heterocycles. The topological polar surface area (TPSA) is 0 Å². The average Bonchev–Trinajstić information content (AvgIpc) is 2.15. The van der Waals surface area contributed by atoms with Crippen LogP contribution in [0.3, 0.4) is 0 Å². The number of rotatable bonds is 4. The molecule has 1 aromatic carbocycles. The first-order chi connectivity index (χ1) is 6.24. The Labute approximate surface area is 85.7 Å². The van der Waals surface area contributed by atoms with Gasteiger partial charge in [-0.2, -0.15) is 11.8 Å². The molecular formula is C12H18S. The summed E-state index contributed by atoms with van der Waals surface area (Å²) >= 11 is 2.01. The molecule has 0 nitrogen and oxygen atoms in total. The molecule has 0 unspecified atom stereocenters. The van der Waals surface area contributed by atoms with E-state index in [0.29, 0.717) is 0 Å². The number of aryl methyl sites for hydroxylation is 1. The van der Waals surface area contributed by atoms with Crippen LogP contribution in [0.5, 0.6) is 0 Å². The fourth-order valence-corrected chi connectivity index (χ4v) is 2.09. The standard InChI is InChI=1S/C12H18S/c1-4-11-7-5-6-8-12(11)9-13-10(2)3/h5-8,10H,4,9H2,1-3H3. The molecule has 0 amide bonds. The lowest BCUT2D eigenvalue weighted by Gasteiger charge is -2.08. The van der Waals surface area contributed by atoms with Crippen LogP contribution in [0, 0.1) is 0 Å². The van der Waals surface area contributed by atoms with Crippen molar-refractivity contribution in [3.8, 4) is 0 Å². The fraction of sp³-hybridized carbons (Fsp3) is 0.500. The SMILES string of the molecule is CCc1ccccc1CSC(C)C. The minimum Gasteiger partial charge on any atom is -0.154 e. The van der Waals surface area contributed by atoms with Gasteiger partial charge in [0.25, 0.3) is 0 Å². The Hall–Kier alpha value is -0.430. The van der Waals surface area contributed by atoms with Crippen LogP contribution in [0.2, 0.25) is 0 Å². The number of benzene rings is 1. The van der Waals surface area contributed by atoms with Gasteiger partial charge in [-0.15, -0.1) is 0 Å². The highest BCUT2D eigenvalue weighted by Crippen LogP contribution is 2.20. The molecule has 1 aromatic rings. The Morgan fingerprint density at radius 1 is 1.15 bits per heavy atom. The second-order valence-corrected chi connectivity index (χ2v) is 5.05. The van der Waals surface area contributed by atoms with Crippen molar-refractivity contribution >= 4 is 11.8 Å². The molecule has 0 heterocycles. The van der Waals surface area contributed by atoms with E-state index in [0.717, 1.165) is 17.4 Å². The van der Waals surface area contributed by atoms with Crippen LogP contribution < -0.4 is 0 Å². The average molecular weight is 194 g/mol. The maximum atomic E-state index is 2.25. The second-order valence-electron chi connectivity index (χ2n) is 3.48. The summed E-state index contributed by atoms with van der Waals surface area (Å²) in [5.74, 6) is 1.15. The smallest absolute Gasteiger partial charge is 0.0189 e. The normalized spacial score (nSPS) is 10.8. The molecule has 1 rings (SSSR count). The van der Waals surface area contributed by atoms with Gasteiger partial charge in [-0.3, -0.25) is 0 Å². The second kappa shape index (κ2) is 5.33. The highest BCUT2D eigenvalue weighted by Gasteiger charge is 2.00. The molecule has 1 heteroatoms. The van der Waals surface area contributed by atoms with E-state index in [4.69, 9.17) is 0 Å². The van der Waals surface area contributed by atoms with Crippen molar-refractivity contribution in [2.45, 2.75) is 38.2 Å². The molecule has 0 fully saturated rings. The van der Waals surface area contributed by atoms with Gasteiger partial charge in [0.15, 0.2) is 0 Å². The predicted octanol–water partition coefficient (Wildman–Crippen LogP) is 3.89. The Balaban J connectivity index is 2.64. The molecule has 72 valence electrons. The van der Waals surface area contributed by atoms with E-state index in [1.807, 2.05) is 11.8 Å². The summed E-state index contributed by atoms with van der Waals surface area (Å²) in [4.78, 5) is 0. The highest BCUT2D eigenvalue weighted by molar-refractivity contribution is 7.99. The number of hydrogen-bond donors (Lipinski definition) is 0. The van der Waals surface area contributed by atoms with Crippen LogP contribution >= 0.6 is 11.8 Å². The van der Waals surface area contributed by atoms with Gasteiger partial charge in [0, 0.05) is 5.75 Å². The minimum absolute atomic E-state index is 0.727. The summed E-state index contributed by atoms with van der Waals surface area (Å²) in [5.41, 5.74) is 3.00. The van der Waals surface area contributed by atoms with E-state index in [-0.39, 0.29) is 0 Å². The third-order valence-electron chi connectivity index (χ3n) is 2.07. The van der Waals surface area contributed by atoms with Crippen LogP contribution in [0.4, 0.5) is 0 Å². The lowest BCUT2D eigenvalue weighted by Crippen LogP contribution is -1.93. The molecule has 0 N–H and O–H groups in total. The molecule has 0 aliphatic heterocycles. The first kappa shape index (κ1) is 10.6. The number of hydrogen-bond acceptors (Lipinski definition) is 1. The Bertz CT molecular complexity index is 253. The molecule has 0 aliphatic rings. The first-order valence-electron chi connectivity index (χ1n) is 4.92. The zero-order valence-corrected chi connectivity index (χ0v) is 9.53. The molecule has 0 aromatic heterocycles. The van der Waals surface area contributed by atoms with Gasteiger partial charge in [-0.25, -0.2) is 0 Å². The lowest BCUT2D eigenvalue weighted by atomic mass is 10.1. The van der Waals surface area contributed by atoms with Crippen molar-refractivity contribution in [3.05, 3.63) is 35.4 Å². The highest BCUT2D eigenvalue weighted by atomic mass is 32.2.